The van der Waals surface area contributed by atoms with Crippen LogP contribution in [0.3, 0.4) is 0 Å². The second kappa shape index (κ2) is 22.4. The summed E-state index contributed by atoms with van der Waals surface area (Å²) in [6.07, 6.45) is -4.93. The molecular weight excluding hydrogens is 857 g/mol. The number of aromatic nitrogens is 1. The van der Waals surface area contributed by atoms with E-state index < -0.39 is 152 Å². The van der Waals surface area contributed by atoms with Crippen LogP contribution in [0.2, 0.25) is 0 Å². The summed E-state index contributed by atoms with van der Waals surface area (Å²) in [5.74, 6) is -12.3. The molecule has 2 aromatic rings. The van der Waals surface area contributed by atoms with Crippen molar-refractivity contribution in [2.75, 3.05) is 32.0 Å². The van der Waals surface area contributed by atoms with Crippen molar-refractivity contribution in [1.29, 1.82) is 0 Å². The summed E-state index contributed by atoms with van der Waals surface area (Å²) in [7, 11) is 0. The van der Waals surface area contributed by atoms with Gasteiger partial charge in [-0.25, -0.2) is 0 Å². The number of ketones is 2. The molecule has 21 nitrogen and oxygen atoms in total. The van der Waals surface area contributed by atoms with E-state index in [0.717, 1.165) is 16.7 Å². The molecule has 0 aliphatic carbocycles. The molecule has 22 heteroatoms. The van der Waals surface area contributed by atoms with Crippen LogP contribution in [0.25, 0.3) is 10.9 Å². The van der Waals surface area contributed by atoms with Crippen molar-refractivity contribution in [2.24, 2.45) is 29.4 Å². The Hall–Kier alpha value is -5.58. The van der Waals surface area contributed by atoms with Gasteiger partial charge in [0.15, 0.2) is 11.6 Å². The first-order chi connectivity index (χ1) is 29.8. The fourth-order valence-electron chi connectivity index (χ4n) is 8.13. The number of aliphatic hydroxyl groups is 3. The molecule has 0 radical (unpaired) electrons. The number of aliphatic hydroxyl groups excluding tert-OH is 3. The number of carbonyl (C=O) groups excluding carboxylic acids is 9. The van der Waals surface area contributed by atoms with E-state index in [-0.39, 0.29) is 38.3 Å². The standard InChI is InChI=1S/C41H56N8O13S.CH4/c1-4-18(2)36-39(61)44-13-34(57)45-28-17-63-40-25(23-6-5-21(51)9-26(23)47-40)11-27(38(60)43-14-35(58)48-36)46-37(59)24(19(3)32(55)16-50)12-31(54)29-10-22(52)15-49(29)41(62)20(7-30(28)53)8-33(42)56;/h5-6,9,18-20,22,24,27-29,32,36,47,50-52,55H,4,7-8,10-17H2,1-3H3,(H2,42,56)(H,43,60)(H,44,61)(H,45,57)(H,46,59)(H,48,58);1H4/t18-,19+,20-,22+,24-,27-,28-,29-,32-,36-;/m0./s1. The Morgan fingerprint density at radius 2 is 1.58 bits per heavy atom. The molecule has 3 aliphatic heterocycles. The number of hydrogen-bond donors (Lipinski definition) is 11. The number of phenols is 1. The van der Waals surface area contributed by atoms with Gasteiger partial charge in [0, 0.05) is 61.8 Å². The van der Waals surface area contributed by atoms with Gasteiger partial charge in [0.2, 0.25) is 41.4 Å². The first kappa shape index (κ1) is 51.1. The van der Waals surface area contributed by atoms with Crippen molar-refractivity contribution < 1.29 is 63.6 Å². The molecule has 5 rings (SSSR count). The Balaban J connectivity index is 0.00000898. The van der Waals surface area contributed by atoms with Crippen LogP contribution in [0.4, 0.5) is 0 Å². The number of aromatic hydroxyl groups is 1. The van der Waals surface area contributed by atoms with Crippen molar-refractivity contribution in [3.05, 3.63) is 23.8 Å². The molecule has 1 aromatic carbocycles. The predicted octanol–water partition coefficient (Wildman–Crippen LogP) is -2.12. The molecular formula is C42H60N8O13S. The first-order valence-electron chi connectivity index (χ1n) is 20.8. The molecule has 64 heavy (non-hydrogen) atoms. The lowest BCUT2D eigenvalue weighted by Gasteiger charge is -2.31. The lowest BCUT2D eigenvalue weighted by atomic mass is 9.83. The van der Waals surface area contributed by atoms with Crippen molar-refractivity contribution in [1.82, 2.24) is 36.5 Å². The molecule has 1 fully saturated rings. The van der Waals surface area contributed by atoms with Crippen LogP contribution in [0.1, 0.15) is 65.9 Å². The summed E-state index contributed by atoms with van der Waals surface area (Å²) in [6.45, 7) is 2.36. The molecule has 0 unspecified atom stereocenters. The number of amides is 7. The smallest absolute Gasteiger partial charge is 0.243 e. The van der Waals surface area contributed by atoms with Crippen LogP contribution in [-0.2, 0) is 49.6 Å². The number of aromatic amines is 1. The molecule has 2 bridgehead atoms. The SMILES string of the molecule is C.CC[C@H](C)[C@@H]1NC(=O)CNC(=O)[C@@H]2Cc3c([nH]c4cc(O)ccc34)SC[C@H](NC(=O)CNC1=O)C(=O)C[C@@H](CC(N)=O)C(=O)N1C[C@H](O)C[C@H]1C(=O)C[C@@H]([C@@H](C)[C@@H](O)CO)C(=O)N2. The van der Waals surface area contributed by atoms with Crippen LogP contribution in [0, 0.1) is 23.7 Å². The predicted molar refractivity (Wildman–Crippen MR) is 231 cm³/mol. The zero-order chi connectivity index (χ0) is 46.3. The van der Waals surface area contributed by atoms with Gasteiger partial charge in [-0.15, -0.1) is 11.8 Å². The van der Waals surface area contributed by atoms with Crippen LogP contribution in [-0.4, -0.2) is 152 Å². The Bertz CT molecular complexity index is 2110. The maximum absolute atomic E-state index is 14.5. The van der Waals surface area contributed by atoms with E-state index in [4.69, 9.17) is 5.73 Å². The van der Waals surface area contributed by atoms with Crippen LogP contribution < -0.4 is 32.3 Å². The normalized spacial score (nSPS) is 27.4. The van der Waals surface area contributed by atoms with Gasteiger partial charge < -0.3 is 62.6 Å². The van der Waals surface area contributed by atoms with Gasteiger partial charge in [0.25, 0.3) is 0 Å². The van der Waals surface area contributed by atoms with Crippen LogP contribution >= 0.6 is 11.8 Å². The third kappa shape index (κ3) is 12.4. The molecule has 352 valence electrons. The summed E-state index contributed by atoms with van der Waals surface area (Å²) in [4.78, 5) is 128. The fourth-order valence-corrected chi connectivity index (χ4v) is 9.29. The quantitative estimate of drug-likeness (QED) is 0.142. The van der Waals surface area contributed by atoms with Gasteiger partial charge in [-0.3, -0.25) is 43.2 Å². The highest BCUT2D eigenvalue weighted by Gasteiger charge is 2.45. The van der Waals surface area contributed by atoms with E-state index >= 15 is 0 Å². The molecule has 7 amide bonds. The molecule has 10 atom stereocenters. The van der Waals surface area contributed by atoms with Gasteiger partial charge in [-0.05, 0) is 29.5 Å². The van der Waals surface area contributed by atoms with E-state index in [1.54, 1.807) is 19.9 Å². The van der Waals surface area contributed by atoms with E-state index in [1.807, 2.05) is 0 Å². The number of benzene rings is 1. The van der Waals surface area contributed by atoms with E-state index in [1.165, 1.54) is 19.1 Å². The minimum atomic E-state index is -1.54. The number of H-pyrrole nitrogens is 1. The molecule has 3 aliphatic rings. The summed E-state index contributed by atoms with van der Waals surface area (Å²) in [5.41, 5.74) is 6.31. The average molecular weight is 917 g/mol. The summed E-state index contributed by atoms with van der Waals surface area (Å²) in [5, 5.41) is 55.4. The average Bonchev–Trinajstić information content (AvgIpc) is 3.80. The van der Waals surface area contributed by atoms with Crippen LogP contribution in [0.5, 0.6) is 5.75 Å². The second-order valence-electron chi connectivity index (χ2n) is 16.5. The number of primary amides is 1. The number of nitrogens with two attached hydrogens (primary N) is 1. The third-order valence-corrected chi connectivity index (χ3v) is 13.2. The largest absolute Gasteiger partial charge is 0.508 e. The number of phenolic OH excluding ortho intramolecular Hbond substituents is 1. The van der Waals surface area contributed by atoms with Gasteiger partial charge >= 0.3 is 0 Å². The Kier molecular flexibility index (Phi) is 17.8. The highest BCUT2D eigenvalue weighted by molar-refractivity contribution is 7.99. The number of nitrogens with one attached hydrogen (secondary N) is 6. The van der Waals surface area contributed by atoms with E-state index in [2.05, 4.69) is 31.6 Å². The summed E-state index contributed by atoms with van der Waals surface area (Å²) in [6, 6.07) is -1.12. The molecule has 1 aromatic heterocycles. The zero-order valence-corrected chi connectivity index (χ0v) is 36.0. The third-order valence-electron chi connectivity index (χ3n) is 12.0. The monoisotopic (exact) mass is 916 g/mol. The highest BCUT2D eigenvalue weighted by Crippen LogP contribution is 2.34. The number of thioether (sulfide) groups is 1. The highest BCUT2D eigenvalue weighted by atomic mass is 32.2. The first-order valence-corrected chi connectivity index (χ1v) is 21.8. The van der Waals surface area contributed by atoms with Gasteiger partial charge in [0.05, 0.1) is 60.4 Å². The number of nitrogens with zero attached hydrogens (tertiary/aromatic N) is 1. The summed E-state index contributed by atoms with van der Waals surface area (Å²) >= 11 is 1.00. The molecule has 12 N–H and O–H groups in total. The minimum absolute atomic E-state index is 0. The number of rotatable bonds is 7. The number of hydrogen-bond acceptors (Lipinski definition) is 14. The molecule has 0 saturated carbocycles. The maximum atomic E-state index is 14.5. The van der Waals surface area contributed by atoms with Gasteiger partial charge in [-0.2, -0.15) is 0 Å². The number of carbonyl (C=O) groups is 9. The Morgan fingerprint density at radius 1 is 0.906 bits per heavy atom. The van der Waals surface area contributed by atoms with Crippen molar-refractivity contribution in [2.45, 2.75) is 108 Å². The molecule has 4 heterocycles. The second-order valence-corrected chi connectivity index (χ2v) is 17.6. The minimum Gasteiger partial charge on any atom is -0.508 e. The topological polar surface area (TPSA) is 340 Å². The fraction of sp³-hybridized carbons (Fsp3) is 0.595. The van der Waals surface area contributed by atoms with Crippen molar-refractivity contribution >= 4 is 75.6 Å². The van der Waals surface area contributed by atoms with Crippen LogP contribution in [0.15, 0.2) is 23.2 Å². The lowest BCUT2D eigenvalue weighted by Crippen LogP contribution is -2.56. The Morgan fingerprint density at radius 3 is 2.23 bits per heavy atom. The Labute approximate surface area is 373 Å². The number of fused-ring (bicyclic) bond motifs is 5. The van der Waals surface area contributed by atoms with Crippen molar-refractivity contribution in [3.63, 3.8) is 0 Å². The number of Topliss-reactive ketones (excluding diaryl/α,β-unsaturated/α-hetero) is 2. The van der Waals surface area contributed by atoms with Crippen molar-refractivity contribution in [3.8, 4) is 5.75 Å². The van der Waals surface area contributed by atoms with E-state index in [9.17, 15) is 63.6 Å². The maximum Gasteiger partial charge on any atom is 0.243 e. The molecule has 1 saturated heterocycles. The van der Waals surface area contributed by atoms with E-state index in [0.29, 0.717) is 27.9 Å². The summed E-state index contributed by atoms with van der Waals surface area (Å²) < 4.78 is 0. The van der Waals surface area contributed by atoms with Gasteiger partial charge in [0.1, 0.15) is 17.8 Å². The van der Waals surface area contributed by atoms with Gasteiger partial charge in [-0.1, -0.05) is 34.6 Å². The molecule has 0 spiro atoms. The zero-order valence-electron chi connectivity index (χ0n) is 35.2. The lowest BCUT2D eigenvalue weighted by molar-refractivity contribution is -0.145.